The molecular weight excluding hydrogens is 268 g/mol. The smallest absolute Gasteiger partial charge is 0.234 e. The van der Waals surface area contributed by atoms with Crippen molar-refractivity contribution >= 4 is 0 Å². The van der Waals surface area contributed by atoms with Crippen molar-refractivity contribution in [1.82, 2.24) is 4.57 Å². The molecule has 2 heteroatoms. The van der Waals surface area contributed by atoms with Gasteiger partial charge >= 0.3 is 0 Å². The van der Waals surface area contributed by atoms with E-state index < -0.39 is 0 Å². The summed E-state index contributed by atoms with van der Waals surface area (Å²) in [6.45, 7) is 6.42. The summed E-state index contributed by atoms with van der Waals surface area (Å²) in [5.74, 6) is 1.31. The van der Waals surface area contributed by atoms with Crippen LogP contribution in [0.2, 0.25) is 0 Å². The molecule has 3 rings (SSSR count). The summed E-state index contributed by atoms with van der Waals surface area (Å²) in [7, 11) is 0. The molecule has 22 heavy (non-hydrogen) atoms. The van der Waals surface area contributed by atoms with Gasteiger partial charge in [-0.05, 0) is 23.1 Å². The summed E-state index contributed by atoms with van der Waals surface area (Å²) >= 11 is 0. The van der Waals surface area contributed by atoms with Gasteiger partial charge in [-0.2, -0.15) is 0 Å². The molecule has 0 unspecified atom stereocenters. The molecule has 0 aliphatic rings. The van der Waals surface area contributed by atoms with Crippen LogP contribution >= 0.6 is 0 Å². The van der Waals surface area contributed by atoms with E-state index in [4.69, 9.17) is 0 Å². The summed E-state index contributed by atoms with van der Waals surface area (Å²) in [5.41, 5.74) is 3.88. The van der Waals surface area contributed by atoms with Crippen LogP contribution in [0.25, 0.3) is 11.1 Å². The average molecular weight is 291 g/mol. The van der Waals surface area contributed by atoms with Gasteiger partial charge in [0.15, 0.2) is 0 Å². The first kappa shape index (κ1) is 14.6. The van der Waals surface area contributed by atoms with Crippen LogP contribution < -0.4 is 4.57 Å². The highest BCUT2D eigenvalue weighted by Crippen LogP contribution is 2.19. The fourth-order valence-electron chi connectivity index (χ4n) is 2.82. The predicted octanol–water partition coefficient (Wildman–Crippen LogP) is 4.21. The lowest BCUT2D eigenvalue weighted by atomic mass is 10.0. The number of aryl methyl sites for hydroxylation is 1. The maximum atomic E-state index is 2.32. The Morgan fingerprint density at radius 2 is 1.59 bits per heavy atom. The van der Waals surface area contributed by atoms with Crippen molar-refractivity contribution in [1.29, 1.82) is 0 Å². The van der Waals surface area contributed by atoms with Crippen LogP contribution in [-0.4, -0.2) is 4.57 Å². The summed E-state index contributed by atoms with van der Waals surface area (Å²) in [6, 6.07) is 19.4. The molecule has 0 amide bonds. The van der Waals surface area contributed by atoms with Gasteiger partial charge in [0.2, 0.25) is 0 Å². The van der Waals surface area contributed by atoms with Gasteiger partial charge in [-0.1, -0.05) is 61.5 Å². The third-order valence-corrected chi connectivity index (χ3v) is 4.14. The molecule has 1 aromatic heterocycles. The minimum absolute atomic E-state index is 0.928. The summed E-state index contributed by atoms with van der Waals surface area (Å²) in [6.07, 6.45) is 5.52. The van der Waals surface area contributed by atoms with Crippen molar-refractivity contribution in [2.24, 2.45) is 0 Å². The monoisotopic (exact) mass is 291 g/mol. The topological polar surface area (TPSA) is 8.81 Å². The first-order chi connectivity index (χ1) is 10.8. The first-order valence-electron chi connectivity index (χ1n) is 7.97. The highest BCUT2D eigenvalue weighted by molar-refractivity contribution is 5.63. The molecule has 3 aromatic rings. The SMILES string of the molecule is CCCn1cc[n+](Cc2ccc(-c3ccccc3)cc2)c1C. The highest BCUT2D eigenvalue weighted by atomic mass is 15.1. The van der Waals surface area contributed by atoms with Crippen LogP contribution in [0.15, 0.2) is 67.0 Å². The van der Waals surface area contributed by atoms with E-state index in [0.717, 1.165) is 13.1 Å². The van der Waals surface area contributed by atoms with E-state index in [1.54, 1.807) is 0 Å². The standard InChI is InChI=1S/C20H23N2/c1-3-13-21-14-15-22(17(21)2)16-18-9-11-20(12-10-18)19-7-5-4-6-8-19/h4-12,14-15H,3,13,16H2,1-2H3/q+1. The quantitative estimate of drug-likeness (QED) is 0.623. The molecule has 0 fully saturated rings. The molecule has 0 saturated heterocycles. The Morgan fingerprint density at radius 1 is 0.909 bits per heavy atom. The van der Waals surface area contributed by atoms with E-state index in [1.165, 1.54) is 28.9 Å². The third-order valence-electron chi connectivity index (χ3n) is 4.14. The van der Waals surface area contributed by atoms with Crippen molar-refractivity contribution in [3.8, 4) is 11.1 Å². The van der Waals surface area contributed by atoms with Crippen molar-refractivity contribution in [2.75, 3.05) is 0 Å². The number of aromatic nitrogens is 2. The van der Waals surface area contributed by atoms with Crippen molar-refractivity contribution in [3.63, 3.8) is 0 Å². The van der Waals surface area contributed by atoms with E-state index in [-0.39, 0.29) is 0 Å². The molecule has 0 radical (unpaired) electrons. The van der Waals surface area contributed by atoms with Gasteiger partial charge in [-0.3, -0.25) is 0 Å². The molecule has 2 nitrogen and oxygen atoms in total. The van der Waals surface area contributed by atoms with E-state index in [2.05, 4.69) is 90.0 Å². The van der Waals surface area contributed by atoms with Crippen LogP contribution in [0.1, 0.15) is 24.7 Å². The molecule has 2 aromatic carbocycles. The van der Waals surface area contributed by atoms with Crippen LogP contribution in [0.4, 0.5) is 0 Å². The second-order valence-corrected chi connectivity index (χ2v) is 5.73. The third kappa shape index (κ3) is 3.11. The molecule has 0 bridgehead atoms. The van der Waals surface area contributed by atoms with Crippen LogP contribution in [0.3, 0.4) is 0 Å². The zero-order chi connectivity index (χ0) is 15.4. The fraction of sp³-hybridized carbons (Fsp3) is 0.250. The lowest BCUT2D eigenvalue weighted by molar-refractivity contribution is -0.694. The maximum Gasteiger partial charge on any atom is 0.253 e. The Kier molecular flexibility index (Phi) is 4.38. The number of benzene rings is 2. The molecule has 0 atom stereocenters. The molecule has 1 heterocycles. The Bertz CT molecular complexity index is 724. The minimum atomic E-state index is 0.928. The molecule has 112 valence electrons. The average Bonchev–Trinajstić information content (AvgIpc) is 2.90. The number of imidazole rings is 1. The number of nitrogens with zero attached hydrogens (tertiary/aromatic N) is 2. The van der Waals surface area contributed by atoms with Crippen molar-refractivity contribution < 1.29 is 4.57 Å². The molecular formula is C20H23N2+. The highest BCUT2D eigenvalue weighted by Gasteiger charge is 2.11. The largest absolute Gasteiger partial charge is 0.253 e. The van der Waals surface area contributed by atoms with E-state index in [0.29, 0.717) is 0 Å². The van der Waals surface area contributed by atoms with Crippen molar-refractivity contribution in [2.45, 2.75) is 33.4 Å². The van der Waals surface area contributed by atoms with Gasteiger partial charge in [-0.15, -0.1) is 0 Å². The summed E-state index contributed by atoms with van der Waals surface area (Å²) in [4.78, 5) is 0. The van der Waals surface area contributed by atoms with Crippen LogP contribution in [-0.2, 0) is 13.1 Å². The van der Waals surface area contributed by atoms with E-state index in [9.17, 15) is 0 Å². The minimum Gasteiger partial charge on any atom is -0.234 e. The Hall–Kier alpha value is -2.35. The Labute approximate surface area is 132 Å². The zero-order valence-electron chi connectivity index (χ0n) is 13.4. The first-order valence-corrected chi connectivity index (χ1v) is 7.97. The van der Waals surface area contributed by atoms with Gasteiger partial charge in [-0.25, -0.2) is 9.13 Å². The maximum absolute atomic E-state index is 2.32. The van der Waals surface area contributed by atoms with Gasteiger partial charge in [0.25, 0.3) is 5.82 Å². The lowest BCUT2D eigenvalue weighted by Crippen LogP contribution is -2.36. The normalized spacial score (nSPS) is 10.8. The number of hydrogen-bond donors (Lipinski definition) is 0. The molecule has 0 saturated carbocycles. The van der Waals surface area contributed by atoms with Gasteiger partial charge in [0.1, 0.15) is 18.9 Å². The summed E-state index contributed by atoms with van der Waals surface area (Å²) < 4.78 is 4.63. The lowest BCUT2D eigenvalue weighted by Gasteiger charge is -2.04. The number of rotatable bonds is 5. The number of hydrogen-bond acceptors (Lipinski definition) is 0. The van der Waals surface area contributed by atoms with Crippen LogP contribution in [0, 0.1) is 6.92 Å². The molecule has 0 N–H and O–H groups in total. The predicted molar refractivity (Wildman–Crippen MR) is 90.6 cm³/mol. The molecule has 0 spiro atoms. The Balaban J connectivity index is 1.77. The van der Waals surface area contributed by atoms with E-state index in [1.807, 2.05) is 0 Å². The summed E-state index contributed by atoms with van der Waals surface area (Å²) in [5, 5.41) is 0. The zero-order valence-corrected chi connectivity index (χ0v) is 13.4. The molecule has 0 aliphatic carbocycles. The Morgan fingerprint density at radius 3 is 2.27 bits per heavy atom. The van der Waals surface area contributed by atoms with Gasteiger partial charge in [0, 0.05) is 6.92 Å². The fourth-order valence-corrected chi connectivity index (χ4v) is 2.82. The van der Waals surface area contributed by atoms with E-state index >= 15 is 0 Å². The molecule has 0 aliphatic heterocycles. The van der Waals surface area contributed by atoms with Crippen LogP contribution in [0.5, 0.6) is 0 Å². The second kappa shape index (κ2) is 6.61. The second-order valence-electron chi connectivity index (χ2n) is 5.73. The van der Waals surface area contributed by atoms with Crippen molar-refractivity contribution in [3.05, 3.63) is 78.4 Å². The van der Waals surface area contributed by atoms with Gasteiger partial charge in [0.05, 0.1) is 6.54 Å². The van der Waals surface area contributed by atoms with Gasteiger partial charge < -0.3 is 0 Å².